The van der Waals surface area contributed by atoms with Crippen LogP contribution in [0.15, 0.2) is 41.8 Å². The lowest BCUT2D eigenvalue weighted by molar-refractivity contribution is -0.117. The lowest BCUT2D eigenvalue weighted by Crippen LogP contribution is -2.28. The first-order valence-corrected chi connectivity index (χ1v) is 11.1. The first-order valence-electron chi connectivity index (χ1n) is 11.1. The largest absolute Gasteiger partial charge is 0.494 e. The number of carbonyl (C=O) groups excluding carboxylic acids is 1. The number of ether oxygens (including phenoxy) is 1. The Hall–Kier alpha value is -3.62. The number of hydrogen-bond donors (Lipinski definition) is 4. The van der Waals surface area contributed by atoms with Crippen molar-refractivity contribution >= 4 is 28.8 Å². The monoisotopic (exact) mass is 452 g/mol. The van der Waals surface area contributed by atoms with E-state index in [1.165, 1.54) is 11.8 Å². The van der Waals surface area contributed by atoms with Crippen molar-refractivity contribution in [2.45, 2.75) is 39.2 Å². The molecule has 2 aliphatic carbocycles. The minimum atomic E-state index is -0.250. The van der Waals surface area contributed by atoms with Crippen molar-refractivity contribution in [3.8, 4) is 5.75 Å². The summed E-state index contributed by atoms with van der Waals surface area (Å²) in [4.78, 5) is 25.2. The van der Waals surface area contributed by atoms with Gasteiger partial charge in [-0.25, -0.2) is 4.68 Å². The molecule has 0 unspecified atom stereocenters. The molecule has 4 rings (SSSR count). The summed E-state index contributed by atoms with van der Waals surface area (Å²) in [7, 11) is 3.35. The van der Waals surface area contributed by atoms with Gasteiger partial charge in [-0.2, -0.15) is 5.10 Å². The molecule has 33 heavy (non-hydrogen) atoms. The molecule has 4 N–H and O–H groups in total. The van der Waals surface area contributed by atoms with Crippen LogP contribution in [0.2, 0.25) is 0 Å². The minimum Gasteiger partial charge on any atom is -0.494 e. The highest BCUT2D eigenvalue weighted by Crippen LogP contribution is 2.33. The summed E-state index contributed by atoms with van der Waals surface area (Å²) in [6.45, 7) is 5.59. The lowest BCUT2D eigenvalue weighted by Gasteiger charge is -2.16. The molecule has 1 heterocycles. The van der Waals surface area contributed by atoms with Crippen LogP contribution < -0.4 is 26.2 Å². The van der Waals surface area contributed by atoms with Gasteiger partial charge in [-0.05, 0) is 56.9 Å². The fourth-order valence-corrected chi connectivity index (χ4v) is 3.23. The molecular weight excluding hydrogens is 420 g/mol. The zero-order valence-electron chi connectivity index (χ0n) is 19.4. The molecule has 0 radical (unpaired) electrons. The summed E-state index contributed by atoms with van der Waals surface area (Å²) in [5, 5.41) is 21.0. The molecular formula is C24H32N6O3. The first kappa shape index (κ1) is 24.0. The fourth-order valence-electron chi connectivity index (χ4n) is 3.23. The molecule has 0 spiro atoms. The number of benzene rings is 1. The van der Waals surface area contributed by atoms with Crippen LogP contribution in [0.5, 0.6) is 5.75 Å². The quantitative estimate of drug-likeness (QED) is 0.432. The van der Waals surface area contributed by atoms with Gasteiger partial charge in [-0.3, -0.25) is 9.59 Å². The zero-order chi connectivity index (χ0) is 24.0. The van der Waals surface area contributed by atoms with Crippen LogP contribution in [0.1, 0.15) is 38.2 Å². The van der Waals surface area contributed by atoms with E-state index >= 15 is 0 Å². The number of anilines is 3. The molecule has 0 aliphatic heterocycles. The Morgan fingerprint density at radius 2 is 2.00 bits per heavy atom. The third-order valence-electron chi connectivity index (χ3n) is 5.40. The maximum atomic E-state index is 13.0. The smallest absolute Gasteiger partial charge is 0.290 e. The van der Waals surface area contributed by atoms with Gasteiger partial charge in [0.2, 0.25) is 5.91 Å². The van der Waals surface area contributed by atoms with Crippen molar-refractivity contribution in [1.82, 2.24) is 15.1 Å². The van der Waals surface area contributed by atoms with E-state index in [0.717, 1.165) is 25.7 Å². The third-order valence-corrected chi connectivity index (χ3v) is 5.40. The number of carbonyl (C=O) groups is 1. The lowest BCUT2D eigenvalue weighted by atomic mass is 10.1. The van der Waals surface area contributed by atoms with Gasteiger partial charge < -0.3 is 26.1 Å². The minimum absolute atomic E-state index is 0.0457. The highest BCUT2D eigenvalue weighted by molar-refractivity contribution is 6.01. The number of nitrogens with one attached hydrogen (secondary N) is 4. The molecule has 1 amide bonds. The Morgan fingerprint density at radius 1 is 1.30 bits per heavy atom. The highest BCUT2D eigenvalue weighted by atomic mass is 16.5. The molecule has 2 fully saturated rings. The number of nitrogens with zero attached hydrogens (tertiary/aromatic N) is 2. The van der Waals surface area contributed by atoms with Crippen molar-refractivity contribution in [1.29, 1.82) is 5.41 Å². The molecule has 0 saturated heterocycles. The van der Waals surface area contributed by atoms with Gasteiger partial charge in [0, 0.05) is 36.9 Å². The van der Waals surface area contributed by atoms with Gasteiger partial charge in [0.15, 0.2) is 11.6 Å². The van der Waals surface area contributed by atoms with Crippen LogP contribution in [0.3, 0.4) is 0 Å². The van der Waals surface area contributed by atoms with Crippen LogP contribution >= 0.6 is 0 Å². The Balaban J connectivity index is 0.000000709. The maximum absolute atomic E-state index is 13.0. The summed E-state index contributed by atoms with van der Waals surface area (Å²) in [6.07, 6.45) is 5.59. The molecule has 0 bridgehead atoms. The van der Waals surface area contributed by atoms with E-state index in [9.17, 15) is 9.59 Å². The van der Waals surface area contributed by atoms with Crippen molar-refractivity contribution in [2.75, 3.05) is 24.8 Å². The van der Waals surface area contributed by atoms with Crippen LogP contribution in [0, 0.1) is 17.2 Å². The number of rotatable bonds is 9. The van der Waals surface area contributed by atoms with Gasteiger partial charge in [-0.15, -0.1) is 0 Å². The van der Waals surface area contributed by atoms with E-state index in [1.54, 1.807) is 37.4 Å². The summed E-state index contributed by atoms with van der Waals surface area (Å²) < 4.78 is 6.92. The molecule has 9 heteroatoms. The van der Waals surface area contributed by atoms with E-state index in [2.05, 4.69) is 27.6 Å². The van der Waals surface area contributed by atoms with Gasteiger partial charge in [-0.1, -0.05) is 12.6 Å². The number of aromatic nitrogens is 2. The molecule has 176 valence electrons. The maximum Gasteiger partial charge on any atom is 0.290 e. The second-order valence-electron chi connectivity index (χ2n) is 8.27. The average Bonchev–Trinajstić information content (AvgIpc) is 3.71. The summed E-state index contributed by atoms with van der Waals surface area (Å²) in [6, 6.07) is 6.96. The van der Waals surface area contributed by atoms with Crippen molar-refractivity contribution in [2.24, 2.45) is 11.8 Å². The Morgan fingerprint density at radius 3 is 2.55 bits per heavy atom. The summed E-state index contributed by atoms with van der Waals surface area (Å²) >= 11 is 0. The average molecular weight is 453 g/mol. The Bertz CT molecular complexity index is 1090. The van der Waals surface area contributed by atoms with Crippen molar-refractivity contribution < 1.29 is 9.53 Å². The molecule has 1 aromatic heterocycles. The van der Waals surface area contributed by atoms with Crippen molar-refractivity contribution in [3.63, 3.8) is 0 Å². The first-order chi connectivity index (χ1) is 15.9. The van der Waals surface area contributed by atoms with E-state index < -0.39 is 0 Å². The number of amides is 1. The van der Waals surface area contributed by atoms with Crippen LogP contribution in [-0.2, 0) is 11.3 Å². The van der Waals surface area contributed by atoms with Gasteiger partial charge in [0.25, 0.3) is 5.56 Å². The Kier molecular flexibility index (Phi) is 7.87. The molecule has 0 atom stereocenters. The standard InChI is InChI=1S/C21H25N5O3.C3H7N/c1-12(22)15-4-3-5-16(19(15)29-2)23-17-10-18(24-20(27)14-8-9-14)25-26(21(17)28)11-13-6-7-13;1-3-4-2/h3-5,10,13-14,22-23H,6-9,11H2,1-2H3,(H,24,25,27);3-4H,1H2,2H3. The second kappa shape index (κ2) is 10.8. The highest BCUT2D eigenvalue weighted by Gasteiger charge is 2.30. The number of para-hydroxylation sites is 1. The van der Waals surface area contributed by atoms with Gasteiger partial charge in [0.1, 0.15) is 5.69 Å². The topological polar surface area (TPSA) is 121 Å². The molecule has 2 aromatic rings. The summed E-state index contributed by atoms with van der Waals surface area (Å²) in [5.41, 5.74) is 1.65. The third kappa shape index (κ3) is 6.44. The van der Waals surface area contributed by atoms with E-state index in [0.29, 0.717) is 46.7 Å². The second-order valence-corrected chi connectivity index (χ2v) is 8.27. The molecule has 2 aliphatic rings. The van der Waals surface area contributed by atoms with Crippen molar-refractivity contribution in [3.05, 3.63) is 53.0 Å². The zero-order valence-corrected chi connectivity index (χ0v) is 19.4. The van der Waals surface area contributed by atoms with Crippen LogP contribution in [-0.4, -0.2) is 35.6 Å². The van der Waals surface area contributed by atoms with E-state index in [4.69, 9.17) is 10.1 Å². The normalized spacial score (nSPS) is 14.4. The van der Waals surface area contributed by atoms with E-state index in [-0.39, 0.29) is 17.4 Å². The number of hydrogen-bond acceptors (Lipinski definition) is 7. The van der Waals surface area contributed by atoms with Gasteiger partial charge >= 0.3 is 0 Å². The number of methoxy groups -OCH3 is 1. The van der Waals surface area contributed by atoms with Crippen LogP contribution in [0.4, 0.5) is 17.2 Å². The molecule has 9 nitrogen and oxygen atoms in total. The van der Waals surface area contributed by atoms with E-state index in [1.807, 2.05) is 7.05 Å². The Labute approximate surface area is 193 Å². The molecule has 1 aromatic carbocycles. The summed E-state index contributed by atoms with van der Waals surface area (Å²) in [5.74, 6) is 1.31. The van der Waals surface area contributed by atoms with Gasteiger partial charge in [0.05, 0.1) is 12.8 Å². The van der Waals surface area contributed by atoms with Crippen LogP contribution in [0.25, 0.3) is 0 Å². The predicted octanol–water partition coefficient (Wildman–Crippen LogP) is 3.49. The molecule has 2 saturated carbocycles. The predicted molar refractivity (Wildman–Crippen MR) is 131 cm³/mol. The fraction of sp³-hybridized carbons (Fsp3) is 0.417. The SMILES string of the molecule is C=CNC.COc1c(Nc2cc(NC(=O)C3CC3)nn(CC3CC3)c2=O)cccc1C(C)=N.